The fourth-order valence-corrected chi connectivity index (χ4v) is 3.29. The average molecular weight is 390 g/mol. The third-order valence-electron chi connectivity index (χ3n) is 3.53. The number of halogens is 1. The minimum Gasteiger partial charge on any atom is -0.493 e. The zero-order valence-corrected chi connectivity index (χ0v) is 14.0. The average Bonchev–Trinajstić information content (AvgIpc) is 2.54. The highest BCUT2D eigenvalue weighted by Crippen LogP contribution is 2.39. The van der Waals surface area contributed by atoms with E-state index >= 15 is 0 Å². The second-order valence-corrected chi connectivity index (χ2v) is 5.88. The maximum atomic E-state index is 5.52. The highest BCUT2D eigenvalue weighted by molar-refractivity contribution is 14.1. The lowest BCUT2D eigenvalue weighted by molar-refractivity contribution is 0.358. The Kier molecular flexibility index (Phi) is 4.01. The second-order valence-electron chi connectivity index (χ2n) is 4.72. The molecule has 0 N–H and O–H groups in total. The van der Waals surface area contributed by atoms with Crippen molar-refractivity contribution in [3.63, 3.8) is 0 Å². The number of hydrogen-bond acceptors (Lipinski definition) is 2. The molecule has 0 atom stereocenters. The summed E-state index contributed by atoms with van der Waals surface area (Å²) in [5, 5.41) is 2.22. The number of ether oxygens (including phenoxy) is 2. The van der Waals surface area contributed by atoms with E-state index in [9.17, 15) is 0 Å². The summed E-state index contributed by atoms with van der Waals surface area (Å²) in [5.41, 5.74) is 2.45. The molecule has 0 aliphatic carbocycles. The van der Waals surface area contributed by atoms with Gasteiger partial charge in [0.05, 0.1) is 14.2 Å². The molecule has 3 aromatic rings. The predicted molar refractivity (Wildman–Crippen MR) is 95.2 cm³/mol. The van der Waals surface area contributed by atoms with Gasteiger partial charge in [-0.15, -0.1) is 0 Å². The monoisotopic (exact) mass is 390 g/mol. The predicted octanol–water partition coefficient (Wildman–Crippen LogP) is 5.13. The first-order valence-electron chi connectivity index (χ1n) is 6.64. The molecule has 0 fully saturated rings. The lowest BCUT2D eigenvalue weighted by Gasteiger charge is -2.13. The summed E-state index contributed by atoms with van der Waals surface area (Å²) in [6.07, 6.45) is 0. The van der Waals surface area contributed by atoms with Gasteiger partial charge in [-0.1, -0.05) is 36.4 Å². The smallest absolute Gasteiger partial charge is 0.168 e. The molecule has 106 valence electrons. The Labute approximate surface area is 137 Å². The van der Waals surface area contributed by atoms with Crippen LogP contribution in [0.25, 0.3) is 21.9 Å². The van der Waals surface area contributed by atoms with Gasteiger partial charge < -0.3 is 9.47 Å². The van der Waals surface area contributed by atoms with Crippen LogP contribution >= 0.6 is 22.6 Å². The van der Waals surface area contributed by atoms with Crippen LogP contribution in [0.15, 0.2) is 54.6 Å². The van der Waals surface area contributed by atoms with E-state index in [1.165, 1.54) is 14.7 Å². The van der Waals surface area contributed by atoms with Crippen LogP contribution in [0, 0.1) is 3.57 Å². The zero-order valence-electron chi connectivity index (χ0n) is 11.9. The normalized spacial score (nSPS) is 10.6. The summed E-state index contributed by atoms with van der Waals surface area (Å²) >= 11 is 2.37. The van der Waals surface area contributed by atoms with Crippen molar-refractivity contribution in [2.45, 2.75) is 0 Å². The van der Waals surface area contributed by atoms with Crippen molar-refractivity contribution in [1.82, 2.24) is 0 Å². The molecule has 2 nitrogen and oxygen atoms in total. The van der Waals surface area contributed by atoms with Gasteiger partial charge in [-0.05, 0) is 57.3 Å². The summed E-state index contributed by atoms with van der Waals surface area (Å²) in [7, 11) is 3.34. The standard InChI is InChI=1S/C18H15IO2/c1-20-17-9-8-13-10-14(12-6-4-3-5-7-12)16(19)11-15(13)18(17)21-2/h3-11H,1-2H3. The molecule has 0 saturated carbocycles. The third kappa shape index (κ3) is 2.58. The van der Waals surface area contributed by atoms with Crippen molar-refractivity contribution in [3.05, 3.63) is 58.2 Å². The molecule has 3 rings (SSSR count). The summed E-state index contributed by atoms with van der Waals surface area (Å²) < 4.78 is 12.1. The SMILES string of the molecule is COc1ccc2cc(-c3ccccc3)c(I)cc2c1OC. The number of methoxy groups -OCH3 is 2. The summed E-state index contributed by atoms with van der Waals surface area (Å²) in [5.74, 6) is 1.54. The van der Waals surface area contributed by atoms with Crippen molar-refractivity contribution >= 4 is 33.4 Å². The summed E-state index contributed by atoms with van der Waals surface area (Å²) in [6.45, 7) is 0. The number of rotatable bonds is 3. The molecule has 0 aliphatic rings. The lowest BCUT2D eigenvalue weighted by atomic mass is 10.0. The van der Waals surface area contributed by atoms with Gasteiger partial charge in [0.25, 0.3) is 0 Å². The lowest BCUT2D eigenvalue weighted by Crippen LogP contribution is -1.93. The van der Waals surface area contributed by atoms with E-state index in [4.69, 9.17) is 9.47 Å². The first kappa shape index (κ1) is 14.2. The Morgan fingerprint density at radius 3 is 2.29 bits per heavy atom. The molecule has 0 aromatic heterocycles. The highest BCUT2D eigenvalue weighted by Gasteiger charge is 2.12. The van der Waals surface area contributed by atoms with E-state index in [1.54, 1.807) is 14.2 Å². The van der Waals surface area contributed by atoms with E-state index in [0.717, 1.165) is 22.3 Å². The number of fused-ring (bicyclic) bond motifs is 1. The fraction of sp³-hybridized carbons (Fsp3) is 0.111. The Balaban J connectivity index is 2.26. The van der Waals surface area contributed by atoms with Gasteiger partial charge >= 0.3 is 0 Å². The molecule has 0 amide bonds. The van der Waals surface area contributed by atoms with E-state index in [0.29, 0.717) is 0 Å². The van der Waals surface area contributed by atoms with Crippen molar-refractivity contribution in [1.29, 1.82) is 0 Å². The molecular weight excluding hydrogens is 375 g/mol. The molecule has 0 bridgehead atoms. The van der Waals surface area contributed by atoms with Crippen LogP contribution in [0.5, 0.6) is 11.5 Å². The number of hydrogen-bond donors (Lipinski definition) is 0. The highest BCUT2D eigenvalue weighted by atomic mass is 127. The van der Waals surface area contributed by atoms with Crippen LogP contribution in [0.4, 0.5) is 0 Å². The van der Waals surface area contributed by atoms with Crippen LogP contribution in [0.2, 0.25) is 0 Å². The van der Waals surface area contributed by atoms with Crippen LogP contribution in [0.1, 0.15) is 0 Å². The van der Waals surface area contributed by atoms with Crippen LogP contribution < -0.4 is 9.47 Å². The Hall–Kier alpha value is -1.75. The molecular formula is C18H15IO2. The molecule has 3 heteroatoms. The van der Waals surface area contributed by atoms with Gasteiger partial charge in [0.15, 0.2) is 11.5 Å². The van der Waals surface area contributed by atoms with Gasteiger partial charge in [0, 0.05) is 8.96 Å². The quantitative estimate of drug-likeness (QED) is 0.578. The van der Waals surface area contributed by atoms with Gasteiger partial charge in [0.2, 0.25) is 0 Å². The van der Waals surface area contributed by atoms with Gasteiger partial charge in [-0.25, -0.2) is 0 Å². The van der Waals surface area contributed by atoms with E-state index in [-0.39, 0.29) is 0 Å². The fourth-order valence-electron chi connectivity index (χ4n) is 2.51. The van der Waals surface area contributed by atoms with Crippen molar-refractivity contribution in [3.8, 4) is 22.6 Å². The van der Waals surface area contributed by atoms with E-state index in [2.05, 4.69) is 65.1 Å². The summed E-state index contributed by atoms with van der Waals surface area (Å²) in [4.78, 5) is 0. The Bertz CT molecular complexity index is 782. The molecule has 0 heterocycles. The maximum absolute atomic E-state index is 5.52. The Morgan fingerprint density at radius 1 is 0.857 bits per heavy atom. The third-order valence-corrected chi connectivity index (χ3v) is 4.42. The second kappa shape index (κ2) is 5.93. The molecule has 0 spiro atoms. The van der Waals surface area contributed by atoms with Gasteiger partial charge in [0.1, 0.15) is 0 Å². The van der Waals surface area contributed by atoms with Crippen molar-refractivity contribution < 1.29 is 9.47 Å². The minimum absolute atomic E-state index is 0.758. The minimum atomic E-state index is 0.758. The molecule has 0 aliphatic heterocycles. The van der Waals surface area contributed by atoms with Gasteiger partial charge in [-0.2, -0.15) is 0 Å². The molecule has 3 aromatic carbocycles. The van der Waals surface area contributed by atoms with E-state index < -0.39 is 0 Å². The molecule has 21 heavy (non-hydrogen) atoms. The number of benzene rings is 3. The van der Waals surface area contributed by atoms with Crippen molar-refractivity contribution in [2.24, 2.45) is 0 Å². The zero-order chi connectivity index (χ0) is 14.8. The van der Waals surface area contributed by atoms with Crippen LogP contribution in [-0.2, 0) is 0 Å². The molecule has 0 unspecified atom stereocenters. The first-order chi connectivity index (χ1) is 10.2. The maximum Gasteiger partial charge on any atom is 0.168 e. The van der Waals surface area contributed by atoms with Crippen LogP contribution in [0.3, 0.4) is 0 Å². The summed E-state index contributed by atoms with van der Waals surface area (Å²) in [6, 6.07) is 18.8. The Morgan fingerprint density at radius 2 is 1.62 bits per heavy atom. The van der Waals surface area contributed by atoms with Crippen LogP contribution in [-0.4, -0.2) is 14.2 Å². The van der Waals surface area contributed by atoms with E-state index in [1.807, 2.05) is 12.1 Å². The largest absolute Gasteiger partial charge is 0.493 e. The topological polar surface area (TPSA) is 18.5 Å². The molecule has 0 radical (unpaired) electrons. The first-order valence-corrected chi connectivity index (χ1v) is 7.72. The van der Waals surface area contributed by atoms with Gasteiger partial charge in [-0.3, -0.25) is 0 Å². The molecule has 0 saturated heterocycles. The van der Waals surface area contributed by atoms with Crippen molar-refractivity contribution in [2.75, 3.05) is 14.2 Å².